The van der Waals surface area contributed by atoms with Crippen LogP contribution in [0.5, 0.6) is 0 Å². The largest absolute Gasteiger partial charge is 0.465 e. The number of sulfone groups is 1. The van der Waals surface area contributed by atoms with E-state index in [9.17, 15) is 18.0 Å². The number of hydrogen-bond donors (Lipinski definition) is 1. The molecule has 218 valence electrons. The van der Waals surface area contributed by atoms with Gasteiger partial charge in [-0.3, -0.25) is 4.79 Å². The quantitative estimate of drug-likeness (QED) is 0.278. The maximum Gasteiger partial charge on any atom is 0.407 e. The highest BCUT2D eigenvalue weighted by Crippen LogP contribution is 2.32. The van der Waals surface area contributed by atoms with Gasteiger partial charge >= 0.3 is 12.1 Å². The molecule has 0 saturated carbocycles. The van der Waals surface area contributed by atoms with Gasteiger partial charge in [0.1, 0.15) is 5.60 Å². The first-order valence-corrected chi connectivity index (χ1v) is 15.7. The molecule has 2 unspecified atom stereocenters. The summed E-state index contributed by atoms with van der Waals surface area (Å²) in [5.41, 5.74) is 1.43. The van der Waals surface area contributed by atoms with Crippen LogP contribution < -0.4 is 5.32 Å². The molecule has 1 saturated heterocycles. The molecule has 1 N–H and O–H groups in total. The summed E-state index contributed by atoms with van der Waals surface area (Å²) in [6, 6.07) is 20.5. The maximum absolute atomic E-state index is 13.1. The fourth-order valence-electron chi connectivity index (χ4n) is 4.87. The number of nitrogens with one attached hydrogen (secondary N) is 1. The minimum Gasteiger partial charge on any atom is -0.465 e. The fraction of sp³-hybridized carbons (Fsp3) is 0.355. The summed E-state index contributed by atoms with van der Waals surface area (Å²) in [6.45, 7) is 5.52. The van der Waals surface area contributed by atoms with Gasteiger partial charge < -0.3 is 14.8 Å². The number of carbonyl (C=O) groups excluding carboxylic acids is 2. The first-order chi connectivity index (χ1) is 19.3. The lowest BCUT2D eigenvalue weighted by molar-refractivity contribution is -0.141. The van der Waals surface area contributed by atoms with Crippen LogP contribution in [0.25, 0.3) is 0 Å². The van der Waals surface area contributed by atoms with Crippen molar-refractivity contribution in [2.24, 2.45) is 11.8 Å². The van der Waals surface area contributed by atoms with Crippen LogP contribution in [0.15, 0.2) is 77.7 Å². The molecular weight excluding hydrogens is 585 g/mol. The molecule has 0 spiro atoms. The Balaban J connectivity index is 1.52. The topological polar surface area (TPSA) is 98.8 Å². The number of alkyl carbamates (subject to hydrolysis) is 1. The van der Waals surface area contributed by atoms with E-state index in [2.05, 4.69) is 5.32 Å². The molecule has 0 aliphatic carbocycles. The van der Waals surface area contributed by atoms with Gasteiger partial charge in [0.2, 0.25) is 0 Å². The van der Waals surface area contributed by atoms with Crippen LogP contribution >= 0.6 is 23.2 Å². The summed E-state index contributed by atoms with van der Waals surface area (Å²) in [5, 5.41) is 3.54. The summed E-state index contributed by atoms with van der Waals surface area (Å²) in [6.07, 6.45) is 0.242. The first-order valence-electron chi connectivity index (χ1n) is 13.3. The van der Waals surface area contributed by atoms with Crippen molar-refractivity contribution in [1.82, 2.24) is 5.32 Å². The van der Waals surface area contributed by atoms with E-state index in [1.54, 1.807) is 51.1 Å². The third kappa shape index (κ3) is 8.24. The van der Waals surface area contributed by atoms with Crippen LogP contribution in [0.4, 0.5) is 4.79 Å². The number of cyclic esters (lactones) is 1. The van der Waals surface area contributed by atoms with Crippen molar-refractivity contribution in [2.75, 3.05) is 6.61 Å². The molecule has 1 amide bonds. The Morgan fingerprint density at radius 3 is 2.22 bits per heavy atom. The minimum atomic E-state index is -3.72. The molecule has 3 aromatic carbocycles. The Kier molecular flexibility index (Phi) is 9.67. The molecule has 1 aliphatic heterocycles. The zero-order valence-corrected chi connectivity index (χ0v) is 25.4. The second kappa shape index (κ2) is 12.8. The minimum absolute atomic E-state index is 0.122. The molecular formula is C31H33Cl2NO6S. The summed E-state index contributed by atoms with van der Waals surface area (Å²) >= 11 is 12.4. The van der Waals surface area contributed by atoms with Gasteiger partial charge in [-0.1, -0.05) is 71.7 Å². The average molecular weight is 619 g/mol. The number of hydrogen-bond acceptors (Lipinski definition) is 6. The molecule has 1 aliphatic rings. The van der Waals surface area contributed by atoms with E-state index in [1.807, 2.05) is 30.3 Å². The predicted octanol–water partition coefficient (Wildman–Crippen LogP) is 6.44. The average Bonchev–Trinajstić information content (AvgIpc) is 3.25. The van der Waals surface area contributed by atoms with Gasteiger partial charge in [0, 0.05) is 27.6 Å². The number of ether oxygens (including phenoxy) is 2. The normalized spacial score (nSPS) is 18.0. The van der Waals surface area contributed by atoms with E-state index in [4.69, 9.17) is 32.7 Å². The lowest BCUT2D eigenvalue weighted by atomic mass is 9.82. The molecule has 0 bridgehead atoms. The van der Waals surface area contributed by atoms with E-state index < -0.39 is 33.5 Å². The van der Waals surface area contributed by atoms with Crippen LogP contribution in [0.3, 0.4) is 0 Å². The van der Waals surface area contributed by atoms with Gasteiger partial charge in [-0.2, -0.15) is 0 Å². The molecule has 1 fully saturated rings. The van der Waals surface area contributed by atoms with Gasteiger partial charge in [-0.15, -0.1) is 0 Å². The van der Waals surface area contributed by atoms with Gasteiger partial charge in [0.25, 0.3) is 0 Å². The van der Waals surface area contributed by atoms with E-state index in [-0.39, 0.29) is 39.2 Å². The van der Waals surface area contributed by atoms with Crippen LogP contribution in [0.2, 0.25) is 10.0 Å². The number of amides is 1. The number of rotatable bonds is 9. The van der Waals surface area contributed by atoms with E-state index >= 15 is 0 Å². The van der Waals surface area contributed by atoms with Crippen LogP contribution in [0.1, 0.15) is 37.5 Å². The number of esters is 1. The zero-order chi connectivity index (χ0) is 29.8. The lowest BCUT2D eigenvalue weighted by Gasteiger charge is -2.29. The lowest BCUT2D eigenvalue weighted by Crippen LogP contribution is -2.46. The van der Waals surface area contributed by atoms with Crippen molar-refractivity contribution < 1.29 is 27.5 Å². The Hall–Kier alpha value is -3.07. The van der Waals surface area contributed by atoms with Gasteiger partial charge in [-0.25, -0.2) is 13.2 Å². The Morgan fingerprint density at radius 1 is 0.976 bits per heavy atom. The summed E-state index contributed by atoms with van der Waals surface area (Å²) in [5.74, 6) is -1.55. The molecule has 0 aromatic heterocycles. The van der Waals surface area contributed by atoms with Gasteiger partial charge in [0.15, 0.2) is 9.84 Å². The smallest absolute Gasteiger partial charge is 0.407 e. The van der Waals surface area contributed by atoms with Crippen molar-refractivity contribution in [3.8, 4) is 0 Å². The highest BCUT2D eigenvalue weighted by Gasteiger charge is 2.42. The maximum atomic E-state index is 13.1. The Bertz CT molecular complexity index is 1470. The zero-order valence-electron chi connectivity index (χ0n) is 23.1. The molecule has 7 nitrogen and oxygen atoms in total. The monoisotopic (exact) mass is 617 g/mol. The molecule has 41 heavy (non-hydrogen) atoms. The number of carbonyl (C=O) groups is 2. The van der Waals surface area contributed by atoms with Crippen molar-refractivity contribution in [2.45, 2.75) is 55.9 Å². The van der Waals surface area contributed by atoms with Gasteiger partial charge in [0.05, 0.1) is 23.2 Å². The Morgan fingerprint density at radius 2 is 1.61 bits per heavy atom. The van der Waals surface area contributed by atoms with Crippen LogP contribution in [-0.4, -0.2) is 38.7 Å². The Labute approximate surface area is 251 Å². The summed E-state index contributed by atoms with van der Waals surface area (Å²) < 4.78 is 37.1. The molecule has 1 heterocycles. The summed E-state index contributed by atoms with van der Waals surface area (Å²) in [4.78, 5) is 25.7. The van der Waals surface area contributed by atoms with Crippen LogP contribution in [-0.2, 0) is 42.7 Å². The SMILES string of the molecule is CC(C)(C)OC(=O)NC(Cc1ccccc1)C1COC(=O)[C@@H]1Cc1ccc(S(=O)(=O)Cc2c(Cl)cccc2Cl)cc1. The van der Waals surface area contributed by atoms with E-state index in [1.165, 1.54) is 12.1 Å². The molecule has 0 radical (unpaired) electrons. The van der Waals surface area contributed by atoms with Gasteiger partial charge in [-0.05, 0) is 69.0 Å². The van der Waals surface area contributed by atoms with Crippen molar-refractivity contribution >= 4 is 45.1 Å². The third-order valence-electron chi connectivity index (χ3n) is 6.89. The number of halogens is 2. The van der Waals surface area contributed by atoms with Crippen molar-refractivity contribution in [1.29, 1.82) is 0 Å². The van der Waals surface area contributed by atoms with Crippen molar-refractivity contribution in [3.05, 3.63) is 99.5 Å². The highest BCUT2D eigenvalue weighted by atomic mass is 35.5. The summed E-state index contributed by atoms with van der Waals surface area (Å²) in [7, 11) is -3.72. The van der Waals surface area contributed by atoms with Crippen molar-refractivity contribution in [3.63, 3.8) is 0 Å². The van der Waals surface area contributed by atoms with E-state index in [0.717, 1.165) is 11.1 Å². The van der Waals surface area contributed by atoms with Crippen LogP contribution in [0, 0.1) is 11.8 Å². The predicted molar refractivity (Wildman–Crippen MR) is 159 cm³/mol. The second-order valence-electron chi connectivity index (χ2n) is 11.2. The highest BCUT2D eigenvalue weighted by molar-refractivity contribution is 7.90. The standard InChI is InChI=1S/C31H33Cl2NO6S/c1-31(2,3)40-30(36)34-28(17-20-8-5-4-6-9-20)24-18-39-29(35)23(24)16-21-12-14-22(15-13-21)41(37,38)19-25-26(32)10-7-11-27(25)33/h4-15,23-24,28H,16-19H2,1-3H3,(H,34,36)/t23-,24?,28?/m1/s1. The molecule has 10 heteroatoms. The second-order valence-corrected chi connectivity index (χ2v) is 14.0. The molecule has 3 aromatic rings. The first kappa shape index (κ1) is 30.9. The fourth-order valence-corrected chi connectivity index (χ4v) is 6.97. The van der Waals surface area contributed by atoms with E-state index in [0.29, 0.717) is 18.4 Å². The number of benzene rings is 3. The third-order valence-corrected chi connectivity index (χ3v) is 9.26. The molecule has 3 atom stereocenters. The molecule has 4 rings (SSSR count).